The van der Waals surface area contributed by atoms with Gasteiger partial charge in [-0.05, 0) is 54.8 Å². The topological polar surface area (TPSA) is 67.4 Å². The molecule has 28 heavy (non-hydrogen) atoms. The SMILES string of the molecule is O=C(/C=C/c1ccc(C(=O)NC2CC2)cc1)Nc1ccc(OC(F)F)c(Cl)c1. The molecule has 2 N–H and O–H groups in total. The Hall–Kier alpha value is -2.93. The highest BCUT2D eigenvalue weighted by molar-refractivity contribution is 6.32. The molecule has 0 aliphatic heterocycles. The first-order valence-electron chi connectivity index (χ1n) is 8.55. The number of halogens is 3. The van der Waals surface area contributed by atoms with Crippen molar-refractivity contribution in [2.75, 3.05) is 5.32 Å². The van der Waals surface area contributed by atoms with Gasteiger partial charge in [0.25, 0.3) is 5.91 Å². The lowest BCUT2D eigenvalue weighted by Crippen LogP contribution is -2.25. The van der Waals surface area contributed by atoms with Crippen LogP contribution in [0.3, 0.4) is 0 Å². The predicted molar refractivity (Wildman–Crippen MR) is 103 cm³/mol. The molecule has 0 heterocycles. The molecule has 0 radical (unpaired) electrons. The van der Waals surface area contributed by atoms with Crippen molar-refractivity contribution in [2.45, 2.75) is 25.5 Å². The van der Waals surface area contributed by atoms with Crippen molar-refractivity contribution in [3.05, 3.63) is 64.7 Å². The number of alkyl halides is 2. The number of benzene rings is 2. The van der Waals surface area contributed by atoms with Gasteiger partial charge in [0.15, 0.2) is 0 Å². The van der Waals surface area contributed by atoms with Crippen LogP contribution in [0.2, 0.25) is 5.02 Å². The summed E-state index contributed by atoms with van der Waals surface area (Å²) in [6.45, 7) is -2.98. The molecule has 0 saturated heterocycles. The first-order chi connectivity index (χ1) is 13.4. The van der Waals surface area contributed by atoms with E-state index in [0.29, 0.717) is 17.3 Å². The summed E-state index contributed by atoms with van der Waals surface area (Å²) in [5.74, 6) is -0.697. The van der Waals surface area contributed by atoms with Gasteiger partial charge in [0.05, 0.1) is 5.02 Å². The van der Waals surface area contributed by atoms with E-state index in [2.05, 4.69) is 15.4 Å². The van der Waals surface area contributed by atoms with Crippen molar-refractivity contribution < 1.29 is 23.1 Å². The molecule has 5 nitrogen and oxygen atoms in total. The molecule has 0 spiro atoms. The summed E-state index contributed by atoms with van der Waals surface area (Å²) in [6, 6.07) is 11.1. The Kier molecular flexibility index (Phi) is 6.26. The van der Waals surface area contributed by atoms with Crippen LogP contribution in [0.15, 0.2) is 48.5 Å². The third-order valence-electron chi connectivity index (χ3n) is 3.93. The minimum Gasteiger partial charge on any atom is -0.433 e. The Balaban J connectivity index is 1.56. The Bertz CT molecular complexity index is 897. The maximum atomic E-state index is 12.2. The lowest BCUT2D eigenvalue weighted by molar-refractivity contribution is -0.111. The maximum absolute atomic E-state index is 12.2. The van der Waals surface area contributed by atoms with Crippen molar-refractivity contribution in [1.82, 2.24) is 5.32 Å². The van der Waals surface area contributed by atoms with Gasteiger partial charge in [-0.25, -0.2) is 0 Å². The summed E-state index contributed by atoms with van der Waals surface area (Å²) in [6.07, 6.45) is 4.95. The minimum atomic E-state index is -2.98. The van der Waals surface area contributed by atoms with E-state index in [1.807, 2.05) is 0 Å². The van der Waals surface area contributed by atoms with Gasteiger partial charge in [-0.15, -0.1) is 0 Å². The van der Waals surface area contributed by atoms with Crippen LogP contribution in [-0.2, 0) is 4.79 Å². The van der Waals surface area contributed by atoms with Crippen LogP contribution < -0.4 is 15.4 Å². The lowest BCUT2D eigenvalue weighted by atomic mass is 10.1. The number of anilines is 1. The van der Waals surface area contributed by atoms with Crippen molar-refractivity contribution >= 4 is 35.2 Å². The van der Waals surface area contributed by atoms with Gasteiger partial charge < -0.3 is 15.4 Å². The van der Waals surface area contributed by atoms with Gasteiger partial charge in [-0.1, -0.05) is 23.7 Å². The number of ether oxygens (including phenoxy) is 1. The van der Waals surface area contributed by atoms with Gasteiger partial charge in [0.1, 0.15) is 5.75 Å². The molecule has 8 heteroatoms. The Morgan fingerprint density at radius 2 is 1.86 bits per heavy atom. The Morgan fingerprint density at radius 3 is 2.46 bits per heavy atom. The molecule has 0 bridgehead atoms. The van der Waals surface area contributed by atoms with E-state index in [-0.39, 0.29) is 16.7 Å². The second-order valence-electron chi connectivity index (χ2n) is 6.22. The second-order valence-corrected chi connectivity index (χ2v) is 6.62. The number of nitrogens with one attached hydrogen (secondary N) is 2. The quantitative estimate of drug-likeness (QED) is 0.666. The minimum absolute atomic E-state index is 0.0397. The molecule has 2 amide bonds. The molecule has 0 atom stereocenters. The maximum Gasteiger partial charge on any atom is 0.387 e. The highest BCUT2D eigenvalue weighted by Crippen LogP contribution is 2.29. The van der Waals surface area contributed by atoms with Crippen molar-refractivity contribution in [2.24, 2.45) is 0 Å². The fourth-order valence-electron chi connectivity index (χ4n) is 2.37. The molecule has 2 aromatic rings. The van der Waals surface area contributed by atoms with E-state index in [1.54, 1.807) is 30.3 Å². The molecule has 1 fully saturated rings. The van der Waals surface area contributed by atoms with Crippen molar-refractivity contribution in [3.8, 4) is 5.75 Å². The average Bonchev–Trinajstić information content (AvgIpc) is 3.46. The van der Waals surface area contributed by atoms with Crippen LogP contribution >= 0.6 is 11.6 Å². The molecule has 2 aromatic carbocycles. The second kappa shape index (κ2) is 8.84. The zero-order chi connectivity index (χ0) is 20.1. The zero-order valence-electron chi connectivity index (χ0n) is 14.6. The smallest absolute Gasteiger partial charge is 0.387 e. The molecular weight excluding hydrogens is 390 g/mol. The van der Waals surface area contributed by atoms with E-state index in [1.165, 1.54) is 24.3 Å². The summed E-state index contributed by atoms with van der Waals surface area (Å²) >= 11 is 5.85. The standard InChI is InChI=1S/C20H17ClF2N2O3/c21-16-11-15(8-9-17(16)28-20(22)23)24-18(26)10-3-12-1-4-13(5-2-12)19(27)25-14-6-7-14/h1-5,8-11,14,20H,6-7H2,(H,24,26)(H,25,27)/b10-3+. The van der Waals surface area contributed by atoms with Crippen LogP contribution in [0.4, 0.5) is 14.5 Å². The van der Waals surface area contributed by atoms with Crippen molar-refractivity contribution in [3.63, 3.8) is 0 Å². The number of rotatable bonds is 7. The number of amides is 2. The van der Waals surface area contributed by atoms with E-state index < -0.39 is 12.5 Å². The first-order valence-corrected chi connectivity index (χ1v) is 8.93. The van der Waals surface area contributed by atoms with Crippen LogP contribution in [-0.4, -0.2) is 24.5 Å². The summed E-state index contributed by atoms with van der Waals surface area (Å²) in [5, 5.41) is 5.44. The zero-order valence-corrected chi connectivity index (χ0v) is 15.4. The summed E-state index contributed by atoms with van der Waals surface area (Å²) in [5.41, 5.74) is 1.65. The summed E-state index contributed by atoms with van der Waals surface area (Å²) < 4.78 is 28.7. The van der Waals surface area contributed by atoms with E-state index >= 15 is 0 Å². The average molecular weight is 407 g/mol. The van der Waals surface area contributed by atoms with Crippen LogP contribution in [0, 0.1) is 0 Å². The highest BCUT2D eigenvalue weighted by atomic mass is 35.5. The summed E-state index contributed by atoms with van der Waals surface area (Å²) in [4.78, 5) is 23.9. The lowest BCUT2D eigenvalue weighted by Gasteiger charge is -2.08. The van der Waals surface area contributed by atoms with Gasteiger partial charge in [0, 0.05) is 23.4 Å². The van der Waals surface area contributed by atoms with Gasteiger partial charge in [-0.2, -0.15) is 8.78 Å². The molecule has 1 saturated carbocycles. The molecule has 0 aromatic heterocycles. The highest BCUT2D eigenvalue weighted by Gasteiger charge is 2.23. The Labute approximate surface area is 165 Å². The largest absolute Gasteiger partial charge is 0.433 e. The van der Waals surface area contributed by atoms with Gasteiger partial charge >= 0.3 is 6.61 Å². The van der Waals surface area contributed by atoms with Crippen LogP contribution in [0.25, 0.3) is 6.08 Å². The molecule has 1 aliphatic carbocycles. The van der Waals surface area contributed by atoms with Crippen LogP contribution in [0.5, 0.6) is 5.75 Å². The number of hydrogen-bond donors (Lipinski definition) is 2. The fraction of sp³-hybridized carbons (Fsp3) is 0.200. The first kappa shape index (κ1) is 19.8. The predicted octanol–water partition coefficient (Wildman–Crippen LogP) is 4.49. The number of carbonyl (C=O) groups excluding carboxylic acids is 2. The summed E-state index contributed by atoms with van der Waals surface area (Å²) in [7, 11) is 0. The van der Waals surface area contributed by atoms with Gasteiger partial charge in [-0.3, -0.25) is 9.59 Å². The molecular formula is C20H17ClF2N2O3. The third kappa shape index (κ3) is 5.79. The van der Waals surface area contributed by atoms with E-state index in [9.17, 15) is 18.4 Å². The van der Waals surface area contributed by atoms with E-state index in [0.717, 1.165) is 18.4 Å². The Morgan fingerprint density at radius 1 is 1.14 bits per heavy atom. The monoisotopic (exact) mass is 406 g/mol. The normalized spacial score (nSPS) is 13.6. The molecule has 1 aliphatic rings. The molecule has 0 unspecified atom stereocenters. The van der Waals surface area contributed by atoms with Crippen molar-refractivity contribution in [1.29, 1.82) is 0 Å². The fourth-order valence-corrected chi connectivity index (χ4v) is 2.59. The van der Waals surface area contributed by atoms with Gasteiger partial charge in [0.2, 0.25) is 5.91 Å². The van der Waals surface area contributed by atoms with E-state index in [4.69, 9.17) is 11.6 Å². The van der Waals surface area contributed by atoms with Crippen LogP contribution in [0.1, 0.15) is 28.8 Å². The number of hydrogen-bond acceptors (Lipinski definition) is 3. The molecule has 3 rings (SSSR count). The third-order valence-corrected chi connectivity index (χ3v) is 4.22. The molecule has 146 valence electrons. The number of carbonyl (C=O) groups is 2.